The maximum atomic E-state index is 12.8. The number of ether oxygens (including phenoxy) is 1. The van der Waals surface area contributed by atoms with Crippen LogP contribution in [-0.4, -0.2) is 33.2 Å². The van der Waals surface area contributed by atoms with Crippen molar-refractivity contribution in [3.63, 3.8) is 0 Å². The van der Waals surface area contributed by atoms with Crippen molar-refractivity contribution in [3.8, 4) is 11.5 Å². The molecule has 0 radical (unpaired) electrons. The molecule has 7 heteroatoms. The molecule has 2 rings (SSSR count). The Morgan fingerprint density at radius 1 is 1.03 bits per heavy atom. The van der Waals surface area contributed by atoms with Gasteiger partial charge in [0.1, 0.15) is 17.5 Å². The first-order valence-corrected chi connectivity index (χ1v) is 12.7. The van der Waals surface area contributed by atoms with Crippen LogP contribution in [0.4, 0.5) is 5.69 Å². The molecule has 0 unspecified atom stereocenters. The highest BCUT2D eigenvalue weighted by Gasteiger charge is 2.29. The minimum Gasteiger partial charge on any atom is -0.457 e. The molecule has 170 valence electrons. The van der Waals surface area contributed by atoms with Gasteiger partial charge in [0.25, 0.3) is 0 Å². The lowest BCUT2D eigenvalue weighted by Crippen LogP contribution is -2.48. The van der Waals surface area contributed by atoms with Gasteiger partial charge >= 0.3 is 0 Å². The van der Waals surface area contributed by atoms with Gasteiger partial charge in [0, 0.05) is 6.54 Å². The van der Waals surface area contributed by atoms with Crippen molar-refractivity contribution >= 4 is 21.6 Å². The molecule has 0 aliphatic heterocycles. The fraction of sp³-hybridized carbons (Fsp3) is 0.458. The third kappa shape index (κ3) is 7.58. The molecule has 0 aliphatic rings. The normalized spacial score (nSPS) is 13.3. The molecule has 6 nitrogen and oxygen atoms in total. The van der Waals surface area contributed by atoms with E-state index in [-0.39, 0.29) is 5.91 Å². The van der Waals surface area contributed by atoms with Crippen LogP contribution in [0.15, 0.2) is 54.6 Å². The number of para-hydroxylation sites is 1. The van der Waals surface area contributed by atoms with Gasteiger partial charge in [0.05, 0.1) is 11.9 Å². The second kappa shape index (κ2) is 11.7. The molecule has 0 bridgehead atoms. The predicted molar refractivity (Wildman–Crippen MR) is 126 cm³/mol. The summed E-state index contributed by atoms with van der Waals surface area (Å²) in [7, 11) is -3.66. The zero-order chi connectivity index (χ0) is 22.9. The lowest BCUT2D eigenvalue weighted by atomic mass is 9.99. The number of sulfonamides is 1. The summed E-state index contributed by atoms with van der Waals surface area (Å²) in [5.74, 6) is 1.38. The van der Waals surface area contributed by atoms with Crippen LogP contribution in [0.5, 0.6) is 11.5 Å². The topological polar surface area (TPSA) is 75.7 Å². The van der Waals surface area contributed by atoms with Crippen molar-refractivity contribution in [2.45, 2.75) is 52.5 Å². The van der Waals surface area contributed by atoms with E-state index in [0.717, 1.165) is 36.2 Å². The molecule has 1 amide bonds. The van der Waals surface area contributed by atoms with E-state index in [1.807, 2.05) is 30.3 Å². The van der Waals surface area contributed by atoms with Crippen LogP contribution in [0.1, 0.15) is 46.5 Å². The van der Waals surface area contributed by atoms with Gasteiger partial charge in [-0.05, 0) is 55.7 Å². The average molecular weight is 447 g/mol. The minimum atomic E-state index is -3.66. The number of carbonyl (C=O) groups excluding carboxylic acids is 1. The van der Waals surface area contributed by atoms with E-state index < -0.39 is 16.1 Å². The SMILES string of the molecule is CCCC[C@H](CC)CNC(=O)[C@H](C)N(c1ccc(Oc2ccccc2)cc1)S(C)(=O)=O. The number of hydrogen-bond acceptors (Lipinski definition) is 4. The van der Waals surface area contributed by atoms with Gasteiger partial charge in [-0.2, -0.15) is 0 Å². The fourth-order valence-electron chi connectivity index (χ4n) is 3.43. The molecular formula is C24H34N2O4S. The summed E-state index contributed by atoms with van der Waals surface area (Å²) in [6, 6.07) is 15.2. The number of carbonyl (C=O) groups is 1. The third-order valence-corrected chi connectivity index (χ3v) is 6.51. The Labute approximate surface area is 186 Å². The van der Waals surface area contributed by atoms with Crippen molar-refractivity contribution in [1.29, 1.82) is 0 Å². The van der Waals surface area contributed by atoms with Crippen LogP contribution in [0.25, 0.3) is 0 Å². The van der Waals surface area contributed by atoms with Crippen molar-refractivity contribution in [2.75, 3.05) is 17.1 Å². The van der Waals surface area contributed by atoms with Crippen LogP contribution >= 0.6 is 0 Å². The maximum absolute atomic E-state index is 12.8. The number of nitrogens with one attached hydrogen (secondary N) is 1. The summed E-state index contributed by atoms with van der Waals surface area (Å²) in [5.41, 5.74) is 0.420. The Kier molecular flexibility index (Phi) is 9.37. The zero-order valence-electron chi connectivity index (χ0n) is 18.9. The van der Waals surface area contributed by atoms with Gasteiger partial charge in [0.15, 0.2) is 0 Å². The van der Waals surface area contributed by atoms with Gasteiger partial charge in [-0.25, -0.2) is 8.42 Å². The summed E-state index contributed by atoms with van der Waals surface area (Å²) >= 11 is 0. The minimum absolute atomic E-state index is 0.301. The lowest BCUT2D eigenvalue weighted by molar-refractivity contribution is -0.122. The Balaban J connectivity index is 2.11. The number of anilines is 1. The van der Waals surface area contributed by atoms with Crippen LogP contribution in [0, 0.1) is 5.92 Å². The van der Waals surface area contributed by atoms with Crippen molar-refractivity contribution in [2.24, 2.45) is 5.92 Å². The lowest BCUT2D eigenvalue weighted by Gasteiger charge is -2.29. The number of nitrogens with zero attached hydrogens (tertiary/aromatic N) is 1. The van der Waals surface area contributed by atoms with Crippen LogP contribution in [-0.2, 0) is 14.8 Å². The summed E-state index contributed by atoms with van der Waals surface area (Å²) in [6.45, 7) is 6.42. The van der Waals surface area contributed by atoms with Gasteiger partial charge in [-0.3, -0.25) is 9.10 Å². The number of benzene rings is 2. The molecule has 0 saturated heterocycles. The van der Waals surface area contributed by atoms with Crippen LogP contribution in [0.3, 0.4) is 0 Å². The molecule has 1 N–H and O–H groups in total. The third-order valence-electron chi connectivity index (χ3n) is 5.27. The molecule has 0 saturated carbocycles. The molecule has 0 spiro atoms. The monoisotopic (exact) mass is 446 g/mol. The van der Waals surface area contributed by atoms with E-state index in [0.29, 0.717) is 29.6 Å². The molecule has 2 aromatic carbocycles. The number of unbranched alkanes of at least 4 members (excludes halogenated alkanes) is 1. The average Bonchev–Trinajstić information content (AvgIpc) is 2.74. The highest BCUT2D eigenvalue weighted by Crippen LogP contribution is 2.27. The predicted octanol–water partition coefficient (Wildman–Crippen LogP) is 4.97. The van der Waals surface area contributed by atoms with E-state index in [1.54, 1.807) is 31.2 Å². The molecule has 0 fully saturated rings. The first kappa shape index (κ1) is 24.7. The first-order chi connectivity index (χ1) is 14.8. The van der Waals surface area contributed by atoms with Gasteiger partial charge < -0.3 is 10.1 Å². The van der Waals surface area contributed by atoms with Crippen LogP contribution in [0.2, 0.25) is 0 Å². The van der Waals surface area contributed by atoms with E-state index in [2.05, 4.69) is 19.2 Å². The molecule has 0 heterocycles. The highest BCUT2D eigenvalue weighted by atomic mass is 32.2. The Bertz CT molecular complexity index is 914. The molecule has 0 aliphatic carbocycles. The zero-order valence-corrected chi connectivity index (χ0v) is 19.7. The number of hydrogen-bond donors (Lipinski definition) is 1. The Morgan fingerprint density at radius 3 is 2.19 bits per heavy atom. The second-order valence-corrected chi connectivity index (χ2v) is 9.66. The standard InChI is InChI=1S/C24H34N2O4S/c1-5-7-11-20(6-2)18-25-24(27)19(3)26(31(4,28)29)21-14-16-23(17-15-21)30-22-12-9-8-10-13-22/h8-10,12-17,19-20H,5-7,11,18H2,1-4H3,(H,25,27)/t19-,20-/m0/s1. The molecule has 2 atom stereocenters. The summed E-state index contributed by atoms with van der Waals surface area (Å²) < 4.78 is 31.9. The quantitative estimate of drug-likeness (QED) is 0.500. The van der Waals surface area contributed by atoms with E-state index >= 15 is 0 Å². The highest BCUT2D eigenvalue weighted by molar-refractivity contribution is 7.92. The van der Waals surface area contributed by atoms with Crippen LogP contribution < -0.4 is 14.4 Å². The van der Waals surface area contributed by atoms with E-state index in [4.69, 9.17) is 4.74 Å². The smallest absolute Gasteiger partial charge is 0.243 e. The first-order valence-electron chi connectivity index (χ1n) is 10.9. The molecular weight excluding hydrogens is 412 g/mol. The maximum Gasteiger partial charge on any atom is 0.243 e. The van der Waals surface area contributed by atoms with Gasteiger partial charge in [-0.1, -0.05) is 51.3 Å². The summed E-state index contributed by atoms with van der Waals surface area (Å²) in [6.07, 6.45) is 5.39. The summed E-state index contributed by atoms with van der Waals surface area (Å²) in [4.78, 5) is 12.8. The Hall–Kier alpha value is -2.54. The Morgan fingerprint density at radius 2 is 1.65 bits per heavy atom. The molecule has 0 aromatic heterocycles. The fourth-order valence-corrected chi connectivity index (χ4v) is 4.61. The van der Waals surface area contributed by atoms with Crippen molar-refractivity contribution in [1.82, 2.24) is 5.32 Å². The van der Waals surface area contributed by atoms with E-state index in [9.17, 15) is 13.2 Å². The molecule has 2 aromatic rings. The second-order valence-electron chi connectivity index (χ2n) is 7.81. The largest absolute Gasteiger partial charge is 0.457 e. The number of rotatable bonds is 12. The van der Waals surface area contributed by atoms with Gasteiger partial charge in [0.2, 0.25) is 15.9 Å². The van der Waals surface area contributed by atoms with E-state index in [1.165, 1.54) is 0 Å². The molecule has 31 heavy (non-hydrogen) atoms. The number of amides is 1. The van der Waals surface area contributed by atoms with Gasteiger partial charge in [-0.15, -0.1) is 0 Å². The summed E-state index contributed by atoms with van der Waals surface area (Å²) in [5, 5.41) is 2.94. The van der Waals surface area contributed by atoms with Crippen molar-refractivity contribution < 1.29 is 17.9 Å². The van der Waals surface area contributed by atoms with Crippen molar-refractivity contribution in [3.05, 3.63) is 54.6 Å².